The van der Waals surface area contributed by atoms with Crippen molar-refractivity contribution in [3.05, 3.63) is 65.9 Å². The molecule has 0 aliphatic rings. The van der Waals surface area contributed by atoms with Crippen LogP contribution in [0.2, 0.25) is 0 Å². The fourth-order valence-corrected chi connectivity index (χ4v) is 2.87. The van der Waals surface area contributed by atoms with Gasteiger partial charge in [0.2, 0.25) is 5.82 Å². The summed E-state index contributed by atoms with van der Waals surface area (Å²) in [6.45, 7) is 0.328. The van der Waals surface area contributed by atoms with Crippen molar-refractivity contribution in [1.82, 2.24) is 24.8 Å². The number of pyridine rings is 1. The molecule has 0 aliphatic heterocycles. The minimum atomic E-state index is -4.72. The van der Waals surface area contributed by atoms with Gasteiger partial charge in [0, 0.05) is 44.3 Å². The second-order valence-corrected chi connectivity index (χ2v) is 6.97. The highest BCUT2D eigenvalue weighted by atomic mass is 19.4. The fourth-order valence-electron chi connectivity index (χ4n) is 2.87. The second-order valence-electron chi connectivity index (χ2n) is 6.97. The van der Waals surface area contributed by atoms with Gasteiger partial charge in [0.1, 0.15) is 11.3 Å². The Labute approximate surface area is 174 Å². The first kappa shape index (κ1) is 20.4. The van der Waals surface area contributed by atoms with Gasteiger partial charge in [0.15, 0.2) is 0 Å². The number of halogens is 3. The molecule has 160 valence electrons. The molecule has 0 saturated heterocycles. The van der Waals surface area contributed by atoms with Gasteiger partial charge >= 0.3 is 12.1 Å². The maximum atomic E-state index is 12.7. The highest BCUT2D eigenvalue weighted by Crippen LogP contribution is 2.29. The lowest BCUT2D eigenvalue weighted by Gasteiger charge is -2.12. The number of benzene rings is 1. The van der Waals surface area contributed by atoms with Crippen molar-refractivity contribution in [3.8, 4) is 11.4 Å². The number of carbonyl (C=O) groups excluding carboxylic acids is 1. The molecule has 1 aromatic carbocycles. The van der Waals surface area contributed by atoms with Crippen LogP contribution in [0.5, 0.6) is 0 Å². The molecule has 4 aromatic rings. The first-order chi connectivity index (χ1) is 14.7. The minimum Gasteiger partial charge on any atom is -0.378 e. The van der Waals surface area contributed by atoms with Crippen LogP contribution in [0.1, 0.15) is 21.9 Å². The van der Waals surface area contributed by atoms with E-state index in [0.717, 1.165) is 11.3 Å². The molecule has 0 atom stereocenters. The van der Waals surface area contributed by atoms with Crippen molar-refractivity contribution in [2.24, 2.45) is 0 Å². The average molecular weight is 430 g/mol. The zero-order valence-electron chi connectivity index (χ0n) is 16.5. The van der Waals surface area contributed by atoms with Crippen LogP contribution in [0.25, 0.3) is 17.0 Å². The molecule has 31 heavy (non-hydrogen) atoms. The maximum absolute atomic E-state index is 12.7. The number of hydrogen-bond acceptors (Lipinski definition) is 6. The van der Waals surface area contributed by atoms with Gasteiger partial charge in [-0.3, -0.25) is 4.79 Å². The number of imidazole rings is 1. The van der Waals surface area contributed by atoms with E-state index in [1.807, 2.05) is 43.3 Å². The molecule has 0 aliphatic carbocycles. The molecule has 0 unspecified atom stereocenters. The van der Waals surface area contributed by atoms with Gasteiger partial charge in [0.25, 0.3) is 5.91 Å². The van der Waals surface area contributed by atoms with Gasteiger partial charge in [-0.2, -0.15) is 18.2 Å². The number of alkyl halides is 3. The summed E-state index contributed by atoms with van der Waals surface area (Å²) in [7, 11) is 3.89. The smallest absolute Gasteiger partial charge is 0.378 e. The van der Waals surface area contributed by atoms with E-state index < -0.39 is 12.1 Å². The van der Waals surface area contributed by atoms with Gasteiger partial charge in [-0.1, -0.05) is 17.3 Å². The molecule has 4 rings (SSSR count). The summed E-state index contributed by atoms with van der Waals surface area (Å²) >= 11 is 0. The van der Waals surface area contributed by atoms with E-state index >= 15 is 0 Å². The summed E-state index contributed by atoms with van der Waals surface area (Å²) in [5, 5.41) is 6.15. The first-order valence-corrected chi connectivity index (χ1v) is 9.15. The van der Waals surface area contributed by atoms with Crippen LogP contribution in [-0.2, 0) is 12.7 Å². The van der Waals surface area contributed by atoms with Crippen molar-refractivity contribution in [2.75, 3.05) is 19.0 Å². The van der Waals surface area contributed by atoms with Crippen molar-refractivity contribution >= 4 is 17.2 Å². The molecule has 3 aromatic heterocycles. The number of rotatable bonds is 5. The summed E-state index contributed by atoms with van der Waals surface area (Å²) in [6.07, 6.45) is -1.64. The van der Waals surface area contributed by atoms with E-state index in [2.05, 4.69) is 25.0 Å². The topological polar surface area (TPSA) is 88.6 Å². The van der Waals surface area contributed by atoms with Gasteiger partial charge in [-0.25, -0.2) is 4.98 Å². The monoisotopic (exact) mass is 430 g/mol. The molecule has 1 N–H and O–H groups in total. The molecule has 3 heterocycles. The lowest BCUT2D eigenvalue weighted by molar-refractivity contribution is -0.159. The third-order valence-corrected chi connectivity index (χ3v) is 4.53. The summed E-state index contributed by atoms with van der Waals surface area (Å²) in [5.41, 5.74) is 2.80. The van der Waals surface area contributed by atoms with Crippen LogP contribution < -0.4 is 10.2 Å². The lowest BCUT2D eigenvalue weighted by atomic mass is 10.2. The Hall–Kier alpha value is -3.89. The maximum Gasteiger partial charge on any atom is 0.471 e. The predicted molar refractivity (Wildman–Crippen MR) is 105 cm³/mol. The average Bonchev–Trinajstić information content (AvgIpc) is 3.38. The Balaban J connectivity index is 1.48. The Kier molecular flexibility index (Phi) is 5.09. The number of nitrogens with one attached hydrogen (secondary N) is 1. The number of aromatic nitrogens is 4. The van der Waals surface area contributed by atoms with Crippen molar-refractivity contribution in [3.63, 3.8) is 0 Å². The molecular weight excluding hydrogens is 413 g/mol. The van der Waals surface area contributed by atoms with E-state index in [-0.39, 0.29) is 23.0 Å². The number of carbonyl (C=O) groups is 1. The summed E-state index contributed by atoms with van der Waals surface area (Å²) in [6, 6.07) is 10.7. The molecule has 0 radical (unpaired) electrons. The Morgan fingerprint density at radius 2 is 1.90 bits per heavy atom. The third-order valence-electron chi connectivity index (χ3n) is 4.53. The molecule has 0 fully saturated rings. The molecule has 0 saturated carbocycles. The second kappa shape index (κ2) is 7.74. The SMILES string of the molecule is CN(C)c1ccc(CNC(=O)c2cn3ccc(-c4noc(C(F)(F)F)n4)cc3n2)cc1. The number of nitrogens with zero attached hydrogens (tertiary/aromatic N) is 5. The van der Waals surface area contributed by atoms with E-state index in [1.54, 1.807) is 10.6 Å². The van der Waals surface area contributed by atoms with Gasteiger partial charge in [-0.15, -0.1) is 0 Å². The quantitative estimate of drug-likeness (QED) is 0.522. The van der Waals surface area contributed by atoms with Crippen LogP contribution in [-0.4, -0.2) is 39.5 Å². The Bertz CT molecular complexity index is 1230. The predicted octanol–water partition coefficient (Wildman–Crippen LogP) is 3.40. The minimum absolute atomic E-state index is 0.172. The highest BCUT2D eigenvalue weighted by Gasteiger charge is 2.38. The lowest BCUT2D eigenvalue weighted by Crippen LogP contribution is -2.23. The molecular formula is C20H17F3N6O2. The Morgan fingerprint density at radius 3 is 2.55 bits per heavy atom. The number of amides is 1. The highest BCUT2D eigenvalue weighted by molar-refractivity contribution is 5.92. The summed E-state index contributed by atoms with van der Waals surface area (Å²) in [4.78, 5) is 22.0. The molecule has 0 bridgehead atoms. The van der Waals surface area contributed by atoms with Gasteiger partial charge in [-0.05, 0) is 29.8 Å². The zero-order chi connectivity index (χ0) is 22.2. The van der Waals surface area contributed by atoms with Crippen LogP contribution in [0, 0.1) is 0 Å². The summed E-state index contributed by atoms with van der Waals surface area (Å²) < 4.78 is 43.8. The van der Waals surface area contributed by atoms with Gasteiger partial charge < -0.3 is 19.1 Å². The first-order valence-electron chi connectivity index (χ1n) is 9.15. The molecule has 1 amide bonds. The number of fused-ring (bicyclic) bond motifs is 1. The fraction of sp³-hybridized carbons (Fsp3) is 0.200. The van der Waals surface area contributed by atoms with E-state index in [0.29, 0.717) is 12.2 Å². The Morgan fingerprint density at radius 1 is 1.16 bits per heavy atom. The van der Waals surface area contributed by atoms with E-state index in [1.165, 1.54) is 18.3 Å². The largest absolute Gasteiger partial charge is 0.471 e. The van der Waals surface area contributed by atoms with Crippen LogP contribution in [0.3, 0.4) is 0 Å². The van der Waals surface area contributed by atoms with Crippen molar-refractivity contribution < 1.29 is 22.5 Å². The van der Waals surface area contributed by atoms with Crippen molar-refractivity contribution in [1.29, 1.82) is 0 Å². The molecule has 0 spiro atoms. The normalized spacial score (nSPS) is 11.6. The molecule has 8 nitrogen and oxygen atoms in total. The molecule has 11 heteroatoms. The van der Waals surface area contributed by atoms with E-state index in [4.69, 9.17) is 0 Å². The third kappa shape index (κ3) is 4.34. The number of anilines is 1. The van der Waals surface area contributed by atoms with Crippen LogP contribution in [0.15, 0.2) is 53.3 Å². The van der Waals surface area contributed by atoms with Crippen molar-refractivity contribution in [2.45, 2.75) is 12.7 Å². The summed E-state index contributed by atoms with van der Waals surface area (Å²) in [5.74, 6) is -2.02. The van der Waals surface area contributed by atoms with Gasteiger partial charge in [0.05, 0.1) is 0 Å². The van der Waals surface area contributed by atoms with Crippen LogP contribution >= 0.6 is 0 Å². The van der Waals surface area contributed by atoms with E-state index in [9.17, 15) is 18.0 Å². The standard InChI is InChI=1S/C20H17F3N6O2/c1-28(2)14-5-3-12(4-6-14)10-24-18(30)15-11-29-8-7-13(9-16(29)25-15)17-26-19(31-27-17)20(21,22)23/h3-9,11H,10H2,1-2H3,(H,24,30). The number of hydrogen-bond donors (Lipinski definition) is 1. The van der Waals surface area contributed by atoms with Crippen LogP contribution in [0.4, 0.5) is 18.9 Å². The zero-order valence-corrected chi connectivity index (χ0v) is 16.5.